The molecule has 0 radical (unpaired) electrons. The van der Waals surface area contributed by atoms with Gasteiger partial charge >= 0.3 is 5.97 Å². The smallest absolute Gasteiger partial charge is 0.316 e. The average Bonchev–Trinajstić information content (AvgIpc) is 2.82. The molecule has 0 aliphatic carbocycles. The van der Waals surface area contributed by atoms with E-state index in [1.165, 1.54) is 0 Å². The number of allylic oxidation sites excluding steroid dienone is 1. The van der Waals surface area contributed by atoms with Crippen molar-refractivity contribution in [3.8, 4) is 11.5 Å². The van der Waals surface area contributed by atoms with Crippen LogP contribution in [0.25, 0.3) is 6.08 Å². The van der Waals surface area contributed by atoms with Crippen molar-refractivity contribution in [3.63, 3.8) is 0 Å². The number of ketones is 1. The SMILES string of the molecule is CC(C)(C)C(=O)Oc1ccc2c(c1)OC(=Cc1cccc(Br)c1)C2=O. The molecule has 0 unspecified atom stereocenters. The van der Waals surface area contributed by atoms with Gasteiger partial charge in [-0.05, 0) is 56.7 Å². The number of esters is 1. The Bertz CT molecular complexity index is 891. The fourth-order valence-electron chi connectivity index (χ4n) is 2.24. The summed E-state index contributed by atoms with van der Waals surface area (Å²) in [6.45, 7) is 5.34. The number of carbonyl (C=O) groups is 2. The van der Waals surface area contributed by atoms with Gasteiger partial charge in [0, 0.05) is 10.5 Å². The van der Waals surface area contributed by atoms with Gasteiger partial charge in [0.1, 0.15) is 11.5 Å². The molecule has 0 atom stereocenters. The van der Waals surface area contributed by atoms with E-state index in [2.05, 4.69) is 15.9 Å². The fourth-order valence-corrected chi connectivity index (χ4v) is 2.66. The maximum absolute atomic E-state index is 12.5. The van der Waals surface area contributed by atoms with E-state index in [1.807, 2.05) is 24.3 Å². The zero-order valence-electron chi connectivity index (χ0n) is 14.1. The van der Waals surface area contributed by atoms with Crippen LogP contribution in [-0.2, 0) is 4.79 Å². The third kappa shape index (κ3) is 3.82. The van der Waals surface area contributed by atoms with E-state index < -0.39 is 5.41 Å². The maximum Gasteiger partial charge on any atom is 0.316 e. The standard InChI is InChI=1S/C20H17BrO4/c1-20(2,3)19(23)24-14-7-8-15-16(11-14)25-17(18(15)22)10-12-5-4-6-13(21)9-12/h4-11H,1-3H3. The van der Waals surface area contributed by atoms with E-state index in [1.54, 1.807) is 45.0 Å². The summed E-state index contributed by atoms with van der Waals surface area (Å²) < 4.78 is 11.9. The van der Waals surface area contributed by atoms with Gasteiger partial charge in [-0.25, -0.2) is 0 Å². The second kappa shape index (κ2) is 6.48. The van der Waals surface area contributed by atoms with Crippen molar-refractivity contribution in [2.45, 2.75) is 20.8 Å². The fraction of sp³-hybridized carbons (Fsp3) is 0.200. The first-order chi connectivity index (χ1) is 11.7. The molecule has 2 aromatic carbocycles. The highest BCUT2D eigenvalue weighted by Gasteiger charge is 2.29. The van der Waals surface area contributed by atoms with Gasteiger partial charge in [0.2, 0.25) is 5.78 Å². The first-order valence-electron chi connectivity index (χ1n) is 7.80. The molecule has 1 aliphatic rings. The lowest BCUT2D eigenvalue weighted by Crippen LogP contribution is -2.25. The van der Waals surface area contributed by atoms with Gasteiger partial charge in [-0.1, -0.05) is 28.1 Å². The molecule has 5 heteroatoms. The summed E-state index contributed by atoms with van der Waals surface area (Å²) in [7, 11) is 0. The number of carbonyl (C=O) groups excluding carboxylic acids is 2. The Morgan fingerprint density at radius 2 is 1.92 bits per heavy atom. The molecule has 2 aromatic rings. The number of benzene rings is 2. The molecular weight excluding hydrogens is 384 g/mol. The van der Waals surface area contributed by atoms with Crippen molar-refractivity contribution < 1.29 is 19.1 Å². The van der Waals surface area contributed by atoms with Crippen LogP contribution in [0.3, 0.4) is 0 Å². The van der Waals surface area contributed by atoms with Crippen molar-refractivity contribution in [2.75, 3.05) is 0 Å². The van der Waals surface area contributed by atoms with E-state index in [9.17, 15) is 9.59 Å². The van der Waals surface area contributed by atoms with E-state index in [4.69, 9.17) is 9.47 Å². The molecule has 0 saturated carbocycles. The van der Waals surface area contributed by atoms with Crippen LogP contribution in [0.2, 0.25) is 0 Å². The zero-order chi connectivity index (χ0) is 18.2. The van der Waals surface area contributed by atoms with Crippen molar-refractivity contribution >= 4 is 33.8 Å². The van der Waals surface area contributed by atoms with Gasteiger partial charge in [0.25, 0.3) is 0 Å². The van der Waals surface area contributed by atoms with Gasteiger partial charge < -0.3 is 9.47 Å². The second-order valence-electron chi connectivity index (χ2n) is 6.79. The molecule has 4 nitrogen and oxygen atoms in total. The molecule has 1 heterocycles. The lowest BCUT2D eigenvalue weighted by Gasteiger charge is -2.16. The minimum atomic E-state index is -0.610. The highest BCUT2D eigenvalue weighted by molar-refractivity contribution is 9.10. The molecule has 0 fully saturated rings. The minimum absolute atomic E-state index is 0.191. The lowest BCUT2D eigenvalue weighted by atomic mass is 9.97. The average molecular weight is 401 g/mol. The third-order valence-electron chi connectivity index (χ3n) is 3.61. The molecule has 1 aliphatic heterocycles. The quantitative estimate of drug-likeness (QED) is 0.403. The number of halogens is 1. The Hall–Kier alpha value is -2.40. The summed E-state index contributed by atoms with van der Waals surface area (Å²) in [5.74, 6) is 0.457. The summed E-state index contributed by atoms with van der Waals surface area (Å²) >= 11 is 3.40. The van der Waals surface area contributed by atoms with Gasteiger partial charge in [-0.15, -0.1) is 0 Å². The van der Waals surface area contributed by atoms with Crippen LogP contribution in [-0.4, -0.2) is 11.8 Å². The maximum atomic E-state index is 12.5. The zero-order valence-corrected chi connectivity index (χ0v) is 15.7. The molecule has 0 amide bonds. The van der Waals surface area contributed by atoms with Crippen molar-refractivity contribution in [1.29, 1.82) is 0 Å². The van der Waals surface area contributed by atoms with Crippen LogP contribution < -0.4 is 9.47 Å². The molecular formula is C20H17BrO4. The molecule has 0 bridgehead atoms. The molecule has 0 N–H and O–H groups in total. The lowest BCUT2D eigenvalue weighted by molar-refractivity contribution is -0.142. The summed E-state index contributed by atoms with van der Waals surface area (Å²) in [6.07, 6.45) is 1.69. The molecule has 128 valence electrons. The summed E-state index contributed by atoms with van der Waals surface area (Å²) in [6, 6.07) is 12.4. The predicted molar refractivity (Wildman–Crippen MR) is 98.6 cm³/mol. The normalized spacial score (nSPS) is 15.0. The summed E-state index contributed by atoms with van der Waals surface area (Å²) in [5.41, 5.74) is 0.697. The van der Waals surface area contributed by atoms with Crippen LogP contribution in [0.1, 0.15) is 36.7 Å². The number of Topliss-reactive ketones (excluding diaryl/α,β-unsaturated/α-hetero) is 1. The molecule has 0 aromatic heterocycles. The van der Waals surface area contributed by atoms with Crippen LogP contribution in [0.15, 0.2) is 52.7 Å². The van der Waals surface area contributed by atoms with E-state index >= 15 is 0 Å². The topological polar surface area (TPSA) is 52.6 Å². The van der Waals surface area contributed by atoms with Gasteiger partial charge in [0.15, 0.2) is 5.76 Å². The highest BCUT2D eigenvalue weighted by Crippen LogP contribution is 2.35. The number of ether oxygens (including phenoxy) is 2. The molecule has 0 spiro atoms. The molecule has 0 saturated heterocycles. The largest absolute Gasteiger partial charge is 0.452 e. The number of hydrogen-bond acceptors (Lipinski definition) is 4. The van der Waals surface area contributed by atoms with Crippen LogP contribution in [0.5, 0.6) is 11.5 Å². The van der Waals surface area contributed by atoms with Crippen LogP contribution in [0.4, 0.5) is 0 Å². The summed E-state index contributed by atoms with van der Waals surface area (Å²) in [4.78, 5) is 24.5. The van der Waals surface area contributed by atoms with E-state index in [-0.39, 0.29) is 17.5 Å². The van der Waals surface area contributed by atoms with Crippen molar-refractivity contribution in [1.82, 2.24) is 0 Å². The number of rotatable bonds is 2. The number of fused-ring (bicyclic) bond motifs is 1. The Balaban J connectivity index is 1.85. The highest BCUT2D eigenvalue weighted by atomic mass is 79.9. The number of hydrogen-bond donors (Lipinski definition) is 0. The monoisotopic (exact) mass is 400 g/mol. The summed E-state index contributed by atoms with van der Waals surface area (Å²) in [5, 5.41) is 0. The van der Waals surface area contributed by atoms with Crippen LogP contribution in [0, 0.1) is 5.41 Å². The van der Waals surface area contributed by atoms with Gasteiger partial charge in [0.05, 0.1) is 11.0 Å². The van der Waals surface area contributed by atoms with E-state index in [0.717, 1.165) is 10.0 Å². The van der Waals surface area contributed by atoms with Crippen molar-refractivity contribution in [3.05, 3.63) is 63.8 Å². The molecule has 3 rings (SSSR count). The second-order valence-corrected chi connectivity index (χ2v) is 7.71. The predicted octanol–water partition coefficient (Wildman–Crippen LogP) is 5.02. The first kappa shape index (κ1) is 17.4. The Kier molecular flexibility index (Phi) is 4.52. The Morgan fingerprint density at radius 1 is 1.16 bits per heavy atom. The van der Waals surface area contributed by atoms with Crippen molar-refractivity contribution in [2.24, 2.45) is 5.41 Å². The van der Waals surface area contributed by atoms with Gasteiger partial charge in [-0.2, -0.15) is 0 Å². The van der Waals surface area contributed by atoms with Crippen LogP contribution >= 0.6 is 15.9 Å². The minimum Gasteiger partial charge on any atom is -0.452 e. The third-order valence-corrected chi connectivity index (χ3v) is 4.10. The van der Waals surface area contributed by atoms with E-state index in [0.29, 0.717) is 17.1 Å². The first-order valence-corrected chi connectivity index (χ1v) is 8.59. The molecule has 25 heavy (non-hydrogen) atoms. The van der Waals surface area contributed by atoms with Gasteiger partial charge in [-0.3, -0.25) is 9.59 Å². The Labute approximate surface area is 154 Å². The Morgan fingerprint density at radius 3 is 2.60 bits per heavy atom.